The number of aromatic hydroxyl groups is 1. The van der Waals surface area contributed by atoms with E-state index in [1.807, 2.05) is 30.3 Å². The van der Waals surface area contributed by atoms with E-state index >= 15 is 0 Å². The van der Waals surface area contributed by atoms with Gasteiger partial charge in [-0.05, 0) is 43.2 Å². The Morgan fingerprint density at radius 2 is 2.00 bits per heavy atom. The monoisotopic (exact) mass is 380 g/mol. The number of aryl methyl sites for hydroxylation is 1. The first-order valence-corrected chi connectivity index (χ1v) is 9.00. The number of benzene rings is 2. The smallest absolute Gasteiger partial charge is 0.231 e. The topological polar surface area (TPSA) is 93.8 Å². The van der Waals surface area contributed by atoms with Crippen LogP contribution in [0.2, 0.25) is 0 Å². The molecule has 0 aliphatic carbocycles. The number of rotatable bonds is 6. The summed E-state index contributed by atoms with van der Waals surface area (Å²) in [5.41, 5.74) is 2.15. The zero-order chi connectivity index (χ0) is 19.5. The minimum absolute atomic E-state index is 0.126. The highest BCUT2D eigenvalue weighted by molar-refractivity contribution is 5.78. The van der Waals surface area contributed by atoms with Gasteiger partial charge in [-0.1, -0.05) is 18.2 Å². The average Bonchev–Trinajstić information content (AvgIpc) is 3.29. The van der Waals surface area contributed by atoms with Gasteiger partial charge < -0.3 is 24.3 Å². The van der Waals surface area contributed by atoms with E-state index in [0.717, 1.165) is 11.1 Å². The van der Waals surface area contributed by atoms with Crippen molar-refractivity contribution in [1.82, 2.24) is 10.3 Å². The molecule has 0 spiro atoms. The molecule has 0 bridgehead atoms. The number of ether oxygens (including phenoxy) is 2. The standard InChI is InChI=1S/C21H20N2O5/c1-13-16(11-20(25)22-9-8-14-4-2-3-5-17(14)24)23-21(28-13)15-6-7-18-19(10-15)27-12-26-18/h2-7,10,24H,8-9,11-12H2,1H3,(H,22,25). The summed E-state index contributed by atoms with van der Waals surface area (Å²) in [6.07, 6.45) is 0.680. The molecule has 1 amide bonds. The minimum atomic E-state index is -0.149. The van der Waals surface area contributed by atoms with Crippen molar-refractivity contribution in [3.8, 4) is 28.7 Å². The molecule has 1 aliphatic heterocycles. The van der Waals surface area contributed by atoms with E-state index < -0.39 is 0 Å². The summed E-state index contributed by atoms with van der Waals surface area (Å²) in [5, 5.41) is 12.6. The molecule has 0 unspecified atom stereocenters. The molecule has 0 radical (unpaired) electrons. The summed E-state index contributed by atoms with van der Waals surface area (Å²) in [5.74, 6) is 2.46. The van der Waals surface area contributed by atoms with Crippen LogP contribution in [0.15, 0.2) is 46.9 Å². The van der Waals surface area contributed by atoms with Crippen LogP contribution < -0.4 is 14.8 Å². The molecule has 7 nitrogen and oxygen atoms in total. The van der Waals surface area contributed by atoms with Gasteiger partial charge in [0.05, 0.1) is 12.1 Å². The maximum Gasteiger partial charge on any atom is 0.231 e. The first kappa shape index (κ1) is 17.9. The second-order valence-electron chi connectivity index (χ2n) is 6.50. The zero-order valence-corrected chi connectivity index (χ0v) is 15.4. The minimum Gasteiger partial charge on any atom is -0.508 e. The Bertz CT molecular complexity index is 1010. The van der Waals surface area contributed by atoms with Crippen molar-refractivity contribution in [3.63, 3.8) is 0 Å². The lowest BCUT2D eigenvalue weighted by atomic mass is 10.1. The summed E-state index contributed by atoms with van der Waals surface area (Å²) in [6, 6.07) is 12.5. The third-order valence-electron chi connectivity index (χ3n) is 4.55. The van der Waals surface area contributed by atoms with Gasteiger partial charge in [0.15, 0.2) is 11.5 Å². The molecular formula is C21H20N2O5. The Kier molecular flexibility index (Phi) is 4.89. The lowest BCUT2D eigenvalue weighted by molar-refractivity contribution is -0.120. The van der Waals surface area contributed by atoms with Gasteiger partial charge >= 0.3 is 0 Å². The third-order valence-corrected chi connectivity index (χ3v) is 4.55. The number of carbonyl (C=O) groups excluding carboxylic acids is 1. The highest BCUT2D eigenvalue weighted by atomic mass is 16.7. The van der Waals surface area contributed by atoms with Crippen LogP contribution in [0.4, 0.5) is 0 Å². The van der Waals surface area contributed by atoms with Gasteiger partial charge in [0, 0.05) is 12.1 Å². The summed E-state index contributed by atoms with van der Waals surface area (Å²) >= 11 is 0. The number of aromatic nitrogens is 1. The van der Waals surface area contributed by atoms with Gasteiger partial charge in [-0.25, -0.2) is 4.98 Å². The number of nitrogens with zero attached hydrogens (tertiary/aromatic N) is 1. The lowest BCUT2D eigenvalue weighted by Crippen LogP contribution is -2.27. The molecule has 1 aliphatic rings. The van der Waals surface area contributed by atoms with Crippen LogP contribution in [0.3, 0.4) is 0 Å². The Morgan fingerprint density at radius 1 is 1.18 bits per heavy atom. The molecule has 144 valence electrons. The van der Waals surface area contributed by atoms with Crippen LogP contribution in [0.1, 0.15) is 17.0 Å². The fraction of sp³-hybridized carbons (Fsp3) is 0.238. The van der Waals surface area contributed by atoms with E-state index in [4.69, 9.17) is 13.9 Å². The number of carbonyl (C=O) groups is 1. The van der Waals surface area contributed by atoms with Gasteiger partial charge in [0.25, 0.3) is 0 Å². The van der Waals surface area contributed by atoms with Crippen molar-refractivity contribution in [2.45, 2.75) is 19.8 Å². The Hall–Kier alpha value is -3.48. The highest BCUT2D eigenvalue weighted by Gasteiger charge is 2.18. The predicted octanol–water partition coefficient (Wildman–Crippen LogP) is 2.99. The molecule has 3 aromatic rings. The summed E-state index contributed by atoms with van der Waals surface area (Å²) in [4.78, 5) is 16.7. The molecule has 0 fully saturated rings. The van der Waals surface area contributed by atoms with E-state index in [1.165, 1.54) is 0 Å². The number of amides is 1. The van der Waals surface area contributed by atoms with Crippen molar-refractivity contribution in [3.05, 3.63) is 59.5 Å². The Balaban J connectivity index is 1.37. The molecule has 7 heteroatoms. The largest absolute Gasteiger partial charge is 0.508 e. The second kappa shape index (κ2) is 7.64. The zero-order valence-electron chi connectivity index (χ0n) is 15.4. The fourth-order valence-electron chi connectivity index (χ4n) is 3.02. The van der Waals surface area contributed by atoms with Gasteiger partial charge in [0.2, 0.25) is 18.6 Å². The van der Waals surface area contributed by atoms with Crippen molar-refractivity contribution in [1.29, 1.82) is 0 Å². The number of hydrogen-bond donors (Lipinski definition) is 2. The number of nitrogens with one attached hydrogen (secondary N) is 1. The van der Waals surface area contributed by atoms with E-state index in [2.05, 4.69) is 10.3 Å². The number of oxazole rings is 1. The first-order valence-electron chi connectivity index (χ1n) is 9.00. The van der Waals surface area contributed by atoms with Crippen molar-refractivity contribution >= 4 is 5.91 Å². The maximum absolute atomic E-state index is 12.2. The number of fused-ring (bicyclic) bond motifs is 1. The van der Waals surface area contributed by atoms with Gasteiger partial charge in [-0.3, -0.25) is 4.79 Å². The molecule has 2 aromatic carbocycles. The van der Waals surface area contributed by atoms with Crippen LogP contribution in [0, 0.1) is 6.92 Å². The van der Waals surface area contributed by atoms with Crippen LogP contribution >= 0.6 is 0 Å². The normalized spacial score (nSPS) is 12.2. The average molecular weight is 380 g/mol. The number of para-hydroxylation sites is 1. The van der Waals surface area contributed by atoms with E-state index in [-0.39, 0.29) is 24.9 Å². The van der Waals surface area contributed by atoms with Crippen LogP contribution in [0.25, 0.3) is 11.5 Å². The molecule has 0 atom stereocenters. The van der Waals surface area contributed by atoms with Crippen LogP contribution in [0.5, 0.6) is 17.2 Å². The number of phenolic OH excluding ortho intramolecular Hbond substituents is 1. The first-order chi connectivity index (χ1) is 13.6. The molecule has 2 N–H and O–H groups in total. The SMILES string of the molecule is Cc1oc(-c2ccc3c(c2)OCO3)nc1CC(=O)NCCc1ccccc1O. The van der Waals surface area contributed by atoms with Crippen molar-refractivity contribution in [2.75, 3.05) is 13.3 Å². The van der Waals surface area contributed by atoms with E-state index in [0.29, 0.717) is 41.8 Å². The van der Waals surface area contributed by atoms with Gasteiger partial charge in [-0.2, -0.15) is 0 Å². The molecule has 2 heterocycles. The fourth-order valence-corrected chi connectivity index (χ4v) is 3.02. The number of hydrogen-bond acceptors (Lipinski definition) is 6. The Morgan fingerprint density at radius 3 is 2.86 bits per heavy atom. The maximum atomic E-state index is 12.2. The molecular weight excluding hydrogens is 360 g/mol. The molecule has 28 heavy (non-hydrogen) atoms. The summed E-state index contributed by atoms with van der Waals surface area (Å²) in [6.45, 7) is 2.42. The quantitative estimate of drug-likeness (QED) is 0.683. The van der Waals surface area contributed by atoms with Crippen molar-refractivity contribution < 1.29 is 23.8 Å². The highest BCUT2D eigenvalue weighted by Crippen LogP contribution is 2.36. The van der Waals surface area contributed by atoms with Crippen molar-refractivity contribution in [2.24, 2.45) is 0 Å². The Labute approximate surface area is 161 Å². The molecule has 1 aromatic heterocycles. The summed E-state index contributed by atoms with van der Waals surface area (Å²) < 4.78 is 16.4. The van der Waals surface area contributed by atoms with Crippen LogP contribution in [-0.2, 0) is 17.6 Å². The molecule has 0 saturated carbocycles. The summed E-state index contributed by atoms with van der Waals surface area (Å²) in [7, 11) is 0. The van der Waals surface area contributed by atoms with Crippen LogP contribution in [-0.4, -0.2) is 29.3 Å². The van der Waals surface area contributed by atoms with E-state index in [1.54, 1.807) is 19.1 Å². The predicted molar refractivity (Wildman–Crippen MR) is 101 cm³/mol. The lowest BCUT2D eigenvalue weighted by Gasteiger charge is -2.06. The molecule has 4 rings (SSSR count). The van der Waals surface area contributed by atoms with Gasteiger partial charge in [-0.15, -0.1) is 0 Å². The van der Waals surface area contributed by atoms with Gasteiger partial charge in [0.1, 0.15) is 11.5 Å². The molecule has 0 saturated heterocycles. The third kappa shape index (κ3) is 3.78. The second-order valence-corrected chi connectivity index (χ2v) is 6.50. The van der Waals surface area contributed by atoms with E-state index in [9.17, 15) is 9.90 Å². The number of phenols is 1.